The zero-order valence-corrected chi connectivity index (χ0v) is 22.5. The van der Waals surface area contributed by atoms with E-state index >= 15 is 0 Å². The van der Waals surface area contributed by atoms with E-state index in [9.17, 15) is 15.3 Å². The van der Waals surface area contributed by atoms with Crippen LogP contribution in [0, 0.1) is 0 Å². The second-order valence-corrected chi connectivity index (χ2v) is 10.2. The monoisotopic (exact) mass is 472 g/mol. The second kappa shape index (κ2) is 24.9. The first-order chi connectivity index (χ1) is 16.2. The Morgan fingerprint density at radius 1 is 0.545 bits per heavy atom. The van der Waals surface area contributed by atoms with Gasteiger partial charge in [-0.1, -0.05) is 142 Å². The van der Waals surface area contributed by atoms with Crippen LogP contribution >= 0.6 is 0 Å². The van der Waals surface area contributed by atoms with Crippen LogP contribution in [0.5, 0.6) is 0 Å². The van der Waals surface area contributed by atoms with Crippen molar-refractivity contribution >= 4 is 0 Å². The highest BCUT2D eigenvalue weighted by atomic mass is 16.5. The van der Waals surface area contributed by atoms with Crippen LogP contribution in [0.2, 0.25) is 0 Å². The van der Waals surface area contributed by atoms with Gasteiger partial charge in [0.1, 0.15) is 6.10 Å². The van der Waals surface area contributed by atoms with Gasteiger partial charge in [-0.25, -0.2) is 0 Å². The lowest BCUT2D eigenvalue weighted by Crippen LogP contribution is -2.47. The summed E-state index contributed by atoms with van der Waals surface area (Å²) >= 11 is 0. The summed E-state index contributed by atoms with van der Waals surface area (Å²) in [5.74, 6) is 0. The Hall–Kier alpha value is -0.160. The van der Waals surface area contributed by atoms with Crippen LogP contribution in [0.15, 0.2) is 0 Å². The zero-order chi connectivity index (χ0) is 24.5. The highest BCUT2D eigenvalue weighted by molar-refractivity contribution is 4.88. The molecule has 0 aliphatic rings. The van der Waals surface area contributed by atoms with Crippen LogP contribution in [0.25, 0.3) is 0 Å². The number of hydrogen-bond donors (Lipinski definition) is 3. The standard InChI is InChI=1S/C29H60O4/c1-3-5-7-9-11-13-15-17-19-21-23-29(28(32)27-31,33-26-25-30)24-22-20-18-16-14-12-10-8-6-4-2/h28,30-32H,3-27H2,1-2H3. The van der Waals surface area contributed by atoms with Gasteiger partial charge in [-0.2, -0.15) is 0 Å². The molecule has 0 amide bonds. The minimum atomic E-state index is -0.874. The topological polar surface area (TPSA) is 69.9 Å². The van der Waals surface area contributed by atoms with Gasteiger partial charge in [-0.05, 0) is 12.8 Å². The van der Waals surface area contributed by atoms with Gasteiger partial charge in [0.15, 0.2) is 0 Å². The molecule has 0 rings (SSSR count). The van der Waals surface area contributed by atoms with E-state index in [0.29, 0.717) is 0 Å². The molecule has 0 aromatic heterocycles. The van der Waals surface area contributed by atoms with Crippen molar-refractivity contribution in [2.24, 2.45) is 0 Å². The molecule has 0 radical (unpaired) electrons. The fraction of sp³-hybridized carbons (Fsp3) is 1.00. The van der Waals surface area contributed by atoms with Crippen molar-refractivity contribution < 1.29 is 20.1 Å². The molecule has 0 bridgehead atoms. The summed E-state index contributed by atoms with van der Waals surface area (Å²) < 4.78 is 6.04. The van der Waals surface area contributed by atoms with E-state index in [2.05, 4.69) is 13.8 Å². The van der Waals surface area contributed by atoms with Gasteiger partial charge in [0.25, 0.3) is 0 Å². The third kappa shape index (κ3) is 18.8. The Labute approximate surface area is 206 Å². The summed E-state index contributed by atoms with van der Waals surface area (Å²) in [6.07, 6.45) is 26.2. The number of hydrogen-bond acceptors (Lipinski definition) is 4. The lowest BCUT2D eigenvalue weighted by Gasteiger charge is -2.38. The number of aliphatic hydroxyl groups excluding tert-OH is 3. The highest BCUT2D eigenvalue weighted by Gasteiger charge is 2.37. The van der Waals surface area contributed by atoms with Gasteiger partial charge < -0.3 is 20.1 Å². The molecule has 0 saturated carbocycles. The SMILES string of the molecule is CCCCCCCCCCCCC(CCCCCCCCCCCC)(OCCO)C(O)CO. The molecular formula is C29H60O4. The van der Waals surface area contributed by atoms with Crippen LogP contribution in [0.1, 0.15) is 155 Å². The van der Waals surface area contributed by atoms with Crippen LogP contribution in [0.4, 0.5) is 0 Å². The molecule has 0 aliphatic carbocycles. The lowest BCUT2D eigenvalue weighted by molar-refractivity contribution is -0.152. The Bertz CT molecular complexity index is 351. The molecule has 1 atom stereocenters. The van der Waals surface area contributed by atoms with Crippen molar-refractivity contribution in [3.8, 4) is 0 Å². The fourth-order valence-corrected chi connectivity index (χ4v) is 4.94. The molecular weight excluding hydrogens is 412 g/mol. The first-order valence-corrected chi connectivity index (χ1v) is 14.7. The second-order valence-electron chi connectivity index (χ2n) is 10.2. The van der Waals surface area contributed by atoms with E-state index in [1.54, 1.807) is 0 Å². The lowest BCUT2D eigenvalue weighted by atomic mass is 9.84. The van der Waals surface area contributed by atoms with E-state index in [4.69, 9.17) is 4.74 Å². The molecule has 0 fully saturated rings. The summed E-state index contributed by atoms with van der Waals surface area (Å²) in [7, 11) is 0. The molecule has 3 N–H and O–H groups in total. The normalized spacial score (nSPS) is 13.0. The minimum Gasteiger partial charge on any atom is -0.394 e. The summed E-state index contributed by atoms with van der Waals surface area (Å²) in [6, 6.07) is 0. The van der Waals surface area contributed by atoms with Gasteiger partial charge in [-0.15, -0.1) is 0 Å². The molecule has 0 aliphatic heterocycles. The molecule has 4 heteroatoms. The largest absolute Gasteiger partial charge is 0.394 e. The Balaban J connectivity index is 4.22. The van der Waals surface area contributed by atoms with Crippen LogP contribution in [0.3, 0.4) is 0 Å². The van der Waals surface area contributed by atoms with Gasteiger partial charge in [0.05, 0.1) is 25.4 Å². The van der Waals surface area contributed by atoms with Crippen LogP contribution < -0.4 is 0 Å². The third-order valence-corrected chi connectivity index (χ3v) is 7.17. The predicted octanol–water partition coefficient (Wildman–Crippen LogP) is 7.71. The van der Waals surface area contributed by atoms with Crippen molar-refractivity contribution in [2.75, 3.05) is 19.8 Å². The molecule has 0 aromatic rings. The van der Waals surface area contributed by atoms with E-state index < -0.39 is 11.7 Å². The predicted molar refractivity (Wildman–Crippen MR) is 142 cm³/mol. The molecule has 0 spiro atoms. The zero-order valence-electron chi connectivity index (χ0n) is 22.5. The van der Waals surface area contributed by atoms with E-state index in [1.165, 1.54) is 103 Å². The first kappa shape index (κ1) is 32.8. The number of unbranched alkanes of at least 4 members (excludes halogenated alkanes) is 18. The third-order valence-electron chi connectivity index (χ3n) is 7.17. The maximum atomic E-state index is 10.6. The van der Waals surface area contributed by atoms with Crippen molar-refractivity contribution in [1.29, 1.82) is 0 Å². The van der Waals surface area contributed by atoms with Gasteiger partial charge in [0, 0.05) is 0 Å². The molecule has 200 valence electrons. The van der Waals surface area contributed by atoms with E-state index in [0.717, 1.165) is 38.5 Å². The summed E-state index contributed by atoms with van der Waals surface area (Å²) in [5.41, 5.74) is -0.711. The summed E-state index contributed by atoms with van der Waals surface area (Å²) in [4.78, 5) is 0. The van der Waals surface area contributed by atoms with Crippen LogP contribution in [-0.2, 0) is 4.74 Å². The average Bonchev–Trinajstić information content (AvgIpc) is 2.83. The van der Waals surface area contributed by atoms with Crippen LogP contribution in [-0.4, -0.2) is 46.8 Å². The Morgan fingerprint density at radius 3 is 1.18 bits per heavy atom. The molecule has 33 heavy (non-hydrogen) atoms. The molecule has 4 nitrogen and oxygen atoms in total. The van der Waals surface area contributed by atoms with Crippen molar-refractivity contribution in [3.05, 3.63) is 0 Å². The van der Waals surface area contributed by atoms with Crippen molar-refractivity contribution in [1.82, 2.24) is 0 Å². The fourth-order valence-electron chi connectivity index (χ4n) is 4.94. The van der Waals surface area contributed by atoms with Gasteiger partial charge in [0.2, 0.25) is 0 Å². The smallest absolute Gasteiger partial charge is 0.106 e. The molecule has 1 unspecified atom stereocenters. The van der Waals surface area contributed by atoms with Gasteiger partial charge in [-0.3, -0.25) is 0 Å². The van der Waals surface area contributed by atoms with Crippen molar-refractivity contribution in [3.63, 3.8) is 0 Å². The minimum absolute atomic E-state index is 0.0457. The molecule has 0 saturated heterocycles. The van der Waals surface area contributed by atoms with Gasteiger partial charge >= 0.3 is 0 Å². The Kier molecular flexibility index (Phi) is 24.8. The number of ether oxygens (including phenoxy) is 1. The van der Waals surface area contributed by atoms with Crippen molar-refractivity contribution in [2.45, 2.75) is 167 Å². The summed E-state index contributed by atoms with van der Waals surface area (Å²) in [6.45, 7) is 4.42. The van der Waals surface area contributed by atoms with E-state index in [-0.39, 0.29) is 19.8 Å². The Morgan fingerprint density at radius 2 is 0.879 bits per heavy atom. The molecule has 0 heterocycles. The summed E-state index contributed by atoms with van der Waals surface area (Å²) in [5, 5.41) is 29.6. The highest BCUT2D eigenvalue weighted by Crippen LogP contribution is 2.31. The maximum Gasteiger partial charge on any atom is 0.106 e. The quantitative estimate of drug-likeness (QED) is 0.107. The number of aliphatic hydroxyl groups is 3. The maximum absolute atomic E-state index is 10.6. The molecule has 0 aromatic carbocycles. The average molecular weight is 473 g/mol. The first-order valence-electron chi connectivity index (χ1n) is 14.7. The van der Waals surface area contributed by atoms with E-state index in [1.807, 2.05) is 0 Å². The number of rotatable bonds is 27.